The van der Waals surface area contributed by atoms with E-state index in [0.29, 0.717) is 27.4 Å². The molecule has 0 atom stereocenters. The number of rotatable bonds is 7. The largest absolute Gasteiger partial charge is 0.326 e. The van der Waals surface area contributed by atoms with Gasteiger partial charge in [0.05, 0.1) is 11.4 Å². The smallest absolute Gasteiger partial charge is 0.244 e. The van der Waals surface area contributed by atoms with Crippen LogP contribution >= 0.6 is 0 Å². The molecule has 1 fully saturated rings. The molecule has 0 spiro atoms. The maximum absolute atomic E-state index is 13.8. The number of amides is 2. The zero-order valence-electron chi connectivity index (χ0n) is 19.8. The van der Waals surface area contributed by atoms with Crippen LogP contribution in [0.3, 0.4) is 0 Å². The Balaban J connectivity index is 1.85. The minimum Gasteiger partial charge on any atom is -0.326 e. The number of nitrogens with one attached hydrogen (secondary N) is 2. The maximum atomic E-state index is 13.8. The monoisotopic (exact) mass is 471 g/mol. The average molecular weight is 472 g/mol. The number of benzene rings is 2. The van der Waals surface area contributed by atoms with E-state index < -0.39 is 10.0 Å². The van der Waals surface area contributed by atoms with Crippen molar-refractivity contribution in [1.29, 1.82) is 0 Å². The lowest BCUT2D eigenvalue weighted by molar-refractivity contribution is -0.117. The van der Waals surface area contributed by atoms with Gasteiger partial charge in [0, 0.05) is 24.3 Å². The lowest BCUT2D eigenvalue weighted by Crippen LogP contribution is -2.46. The maximum Gasteiger partial charge on any atom is 0.244 e. The van der Waals surface area contributed by atoms with E-state index in [2.05, 4.69) is 10.6 Å². The van der Waals surface area contributed by atoms with Crippen LogP contribution in [0.5, 0.6) is 0 Å². The second kappa shape index (κ2) is 10.5. The summed E-state index contributed by atoms with van der Waals surface area (Å²) in [5.74, 6) is -0.569. The first-order chi connectivity index (χ1) is 15.6. The molecule has 0 aliphatic heterocycles. The number of aryl methyl sites for hydroxylation is 3. The molecule has 2 amide bonds. The number of nitrogens with zero attached hydrogens (tertiary/aromatic N) is 1. The molecule has 3 rings (SSSR count). The van der Waals surface area contributed by atoms with Gasteiger partial charge in [-0.1, -0.05) is 37.0 Å². The molecule has 7 nitrogen and oxygen atoms in total. The average Bonchev–Trinajstić information content (AvgIpc) is 2.72. The second-order valence-electron chi connectivity index (χ2n) is 8.88. The predicted octanol–water partition coefficient (Wildman–Crippen LogP) is 4.53. The van der Waals surface area contributed by atoms with Gasteiger partial charge in [0.15, 0.2) is 0 Å². The quantitative estimate of drug-likeness (QED) is 0.620. The van der Waals surface area contributed by atoms with Gasteiger partial charge in [-0.25, -0.2) is 8.42 Å². The Bertz CT molecular complexity index is 1100. The summed E-state index contributed by atoms with van der Waals surface area (Å²) in [6, 6.07) is 10.3. The van der Waals surface area contributed by atoms with Crippen molar-refractivity contribution in [3.63, 3.8) is 0 Å². The van der Waals surface area contributed by atoms with Gasteiger partial charge in [-0.05, 0) is 69.0 Å². The third kappa shape index (κ3) is 6.21. The van der Waals surface area contributed by atoms with Crippen molar-refractivity contribution in [2.45, 2.75) is 70.7 Å². The van der Waals surface area contributed by atoms with Gasteiger partial charge < -0.3 is 10.6 Å². The number of carbonyl (C=O) groups excluding carboxylic acids is 2. The van der Waals surface area contributed by atoms with Crippen molar-refractivity contribution in [2.24, 2.45) is 0 Å². The Morgan fingerprint density at radius 3 is 1.94 bits per heavy atom. The molecule has 1 saturated carbocycles. The van der Waals surface area contributed by atoms with Crippen LogP contribution in [0.1, 0.15) is 55.7 Å². The Kier molecular flexibility index (Phi) is 7.92. The summed E-state index contributed by atoms with van der Waals surface area (Å²) in [5.41, 5.74) is 3.56. The van der Waals surface area contributed by atoms with E-state index in [1.54, 1.807) is 24.3 Å². The molecule has 1 aliphatic rings. The van der Waals surface area contributed by atoms with Gasteiger partial charge in [-0.15, -0.1) is 0 Å². The molecule has 33 heavy (non-hydrogen) atoms. The first-order valence-corrected chi connectivity index (χ1v) is 12.8. The third-order valence-electron chi connectivity index (χ3n) is 5.94. The molecule has 2 N–H and O–H groups in total. The summed E-state index contributed by atoms with van der Waals surface area (Å²) in [6.45, 7) is 6.74. The fourth-order valence-electron chi connectivity index (χ4n) is 4.65. The summed E-state index contributed by atoms with van der Waals surface area (Å²) < 4.78 is 29.1. The van der Waals surface area contributed by atoms with Crippen LogP contribution in [-0.4, -0.2) is 37.1 Å². The summed E-state index contributed by atoms with van der Waals surface area (Å²) in [4.78, 5) is 24.4. The second-order valence-corrected chi connectivity index (χ2v) is 10.7. The van der Waals surface area contributed by atoms with Crippen molar-refractivity contribution in [3.8, 4) is 0 Å². The molecule has 0 radical (unpaired) electrons. The van der Waals surface area contributed by atoms with Crippen LogP contribution in [0.4, 0.5) is 11.4 Å². The van der Waals surface area contributed by atoms with Crippen LogP contribution in [-0.2, 0) is 19.6 Å². The fraction of sp³-hybridized carbons (Fsp3) is 0.440. The van der Waals surface area contributed by atoms with Crippen molar-refractivity contribution in [2.75, 3.05) is 17.2 Å². The first-order valence-electron chi connectivity index (χ1n) is 11.3. The minimum atomic E-state index is -3.86. The first kappa shape index (κ1) is 24.9. The summed E-state index contributed by atoms with van der Waals surface area (Å²) in [6.07, 6.45) is 4.49. The lowest BCUT2D eigenvalue weighted by Gasteiger charge is -2.33. The van der Waals surface area contributed by atoms with E-state index in [4.69, 9.17) is 0 Å². The van der Waals surface area contributed by atoms with Crippen molar-refractivity contribution < 1.29 is 18.0 Å². The van der Waals surface area contributed by atoms with Gasteiger partial charge in [-0.2, -0.15) is 4.31 Å². The molecule has 1 aliphatic carbocycles. The Morgan fingerprint density at radius 2 is 1.42 bits per heavy atom. The highest BCUT2D eigenvalue weighted by molar-refractivity contribution is 7.89. The van der Waals surface area contributed by atoms with Crippen LogP contribution in [0.15, 0.2) is 41.3 Å². The molecule has 0 unspecified atom stereocenters. The number of hydrogen-bond acceptors (Lipinski definition) is 4. The van der Waals surface area contributed by atoms with E-state index in [0.717, 1.165) is 37.7 Å². The van der Waals surface area contributed by atoms with E-state index in [1.807, 2.05) is 32.9 Å². The lowest BCUT2D eigenvalue weighted by atomic mass is 9.95. The Labute approximate surface area is 196 Å². The van der Waals surface area contributed by atoms with E-state index in [-0.39, 0.29) is 24.4 Å². The zero-order valence-corrected chi connectivity index (χ0v) is 20.6. The molecule has 0 aromatic heterocycles. The molecule has 8 heteroatoms. The molecule has 0 bridgehead atoms. The number of hydrogen-bond donors (Lipinski definition) is 2. The molecule has 0 heterocycles. The normalized spacial score (nSPS) is 14.8. The highest BCUT2D eigenvalue weighted by Gasteiger charge is 2.35. The topological polar surface area (TPSA) is 95.6 Å². The highest BCUT2D eigenvalue weighted by Crippen LogP contribution is 2.31. The molecular weight excluding hydrogens is 438 g/mol. The van der Waals surface area contributed by atoms with Gasteiger partial charge in [0.25, 0.3) is 0 Å². The summed E-state index contributed by atoms with van der Waals surface area (Å²) in [5, 5.41) is 5.47. The number of sulfonamides is 1. The Hall–Kier alpha value is -2.71. The zero-order chi connectivity index (χ0) is 24.2. The van der Waals surface area contributed by atoms with Crippen LogP contribution in [0, 0.1) is 20.8 Å². The third-order valence-corrected chi connectivity index (χ3v) is 8.15. The molecule has 0 saturated heterocycles. The number of anilines is 2. The van der Waals surface area contributed by atoms with Crippen LogP contribution < -0.4 is 10.6 Å². The highest BCUT2D eigenvalue weighted by atomic mass is 32.2. The standard InChI is InChI=1S/C25H33N3O4S/c1-17-14-18(2)25(19(3)15-17)33(31,32)28(23-8-6-5-7-9-23)16-24(30)27-22-12-10-21(11-13-22)26-20(4)29/h10-15,23H,5-9,16H2,1-4H3,(H,26,29)(H,27,30). The SMILES string of the molecule is CC(=O)Nc1ccc(NC(=O)CN(C2CCCCC2)S(=O)(=O)c2c(C)cc(C)cc2C)cc1. The van der Waals surface area contributed by atoms with Gasteiger partial charge >= 0.3 is 0 Å². The van der Waals surface area contributed by atoms with Crippen molar-refractivity contribution in [3.05, 3.63) is 53.1 Å². The van der Waals surface area contributed by atoms with Crippen molar-refractivity contribution >= 4 is 33.2 Å². The predicted molar refractivity (Wildman–Crippen MR) is 131 cm³/mol. The molecule has 178 valence electrons. The van der Waals surface area contributed by atoms with E-state index in [1.165, 1.54) is 11.2 Å². The van der Waals surface area contributed by atoms with Crippen LogP contribution in [0.25, 0.3) is 0 Å². The molecule has 2 aromatic carbocycles. The van der Waals surface area contributed by atoms with E-state index >= 15 is 0 Å². The fourth-order valence-corrected chi connectivity index (χ4v) is 6.71. The van der Waals surface area contributed by atoms with Gasteiger partial charge in [-0.3, -0.25) is 9.59 Å². The number of carbonyl (C=O) groups is 2. The van der Waals surface area contributed by atoms with Gasteiger partial charge in [0.1, 0.15) is 0 Å². The minimum absolute atomic E-state index is 0.179. The van der Waals surface area contributed by atoms with E-state index in [9.17, 15) is 18.0 Å². The molecular formula is C25H33N3O4S. The summed E-state index contributed by atoms with van der Waals surface area (Å²) in [7, 11) is -3.86. The Morgan fingerprint density at radius 1 is 0.909 bits per heavy atom. The summed E-state index contributed by atoms with van der Waals surface area (Å²) >= 11 is 0. The van der Waals surface area contributed by atoms with Crippen LogP contribution in [0.2, 0.25) is 0 Å². The molecule has 2 aromatic rings. The van der Waals surface area contributed by atoms with Crippen molar-refractivity contribution in [1.82, 2.24) is 4.31 Å². The van der Waals surface area contributed by atoms with Gasteiger partial charge in [0.2, 0.25) is 21.8 Å².